The number of nitrogens with zero attached hydrogens (tertiary/aromatic N) is 4. The molecule has 3 aromatic rings. The van der Waals surface area contributed by atoms with Gasteiger partial charge < -0.3 is 19.8 Å². The number of hydrogen-bond donors (Lipinski definition) is 1. The molecule has 3 heterocycles. The van der Waals surface area contributed by atoms with Crippen molar-refractivity contribution in [2.45, 2.75) is 45.6 Å². The summed E-state index contributed by atoms with van der Waals surface area (Å²) in [5.74, 6) is 0.289. The molecule has 154 valence electrons. The molecule has 0 saturated carbocycles. The monoisotopic (exact) mass is 405 g/mol. The normalized spacial score (nSPS) is 23.4. The molecule has 4 rings (SSSR count). The lowest BCUT2D eigenvalue weighted by Gasteiger charge is -2.23. The molecule has 1 aliphatic heterocycles. The second-order valence-electron chi connectivity index (χ2n) is 7.46. The molecule has 2 N–H and O–H groups in total. The maximum Gasteiger partial charge on any atom is 0.338 e. The first kappa shape index (κ1) is 19.9. The summed E-state index contributed by atoms with van der Waals surface area (Å²) in [6.07, 6.45) is 1.15. The average molecular weight is 405 g/mol. The Bertz CT molecular complexity index is 1140. The van der Waals surface area contributed by atoms with Gasteiger partial charge in [0, 0.05) is 12.1 Å². The Kier molecular flexibility index (Phi) is 5.14. The number of benzene rings is 1. The Balaban J connectivity index is 1.78. The molecule has 8 heteroatoms. The Hall–Kier alpha value is -3.44. The van der Waals surface area contributed by atoms with Gasteiger partial charge in [-0.2, -0.15) is 0 Å². The van der Waals surface area contributed by atoms with Gasteiger partial charge in [0.15, 0.2) is 12.3 Å². The summed E-state index contributed by atoms with van der Waals surface area (Å²) in [5, 5.41) is 0.486. The van der Waals surface area contributed by atoms with E-state index in [9.17, 15) is 4.79 Å². The van der Waals surface area contributed by atoms with Crippen molar-refractivity contribution in [1.29, 1.82) is 0 Å². The molecular weight excluding hydrogens is 382 g/mol. The maximum absolute atomic E-state index is 12.8. The third kappa shape index (κ3) is 3.27. The number of anilines is 1. The Morgan fingerprint density at radius 1 is 1.33 bits per heavy atom. The molecule has 1 fully saturated rings. The lowest BCUT2D eigenvalue weighted by atomic mass is 9.98. The van der Waals surface area contributed by atoms with Crippen molar-refractivity contribution in [3.05, 3.63) is 59.3 Å². The van der Waals surface area contributed by atoms with E-state index in [0.29, 0.717) is 28.1 Å². The molecular formula is C22H23N5O3. The molecule has 30 heavy (non-hydrogen) atoms. The highest BCUT2D eigenvalue weighted by molar-refractivity contribution is 5.98. The van der Waals surface area contributed by atoms with Gasteiger partial charge in [-0.05, 0) is 25.5 Å². The summed E-state index contributed by atoms with van der Waals surface area (Å²) in [5.41, 5.74) is 7.40. The fourth-order valence-corrected chi connectivity index (χ4v) is 4.02. The van der Waals surface area contributed by atoms with Crippen LogP contribution in [0.15, 0.2) is 36.5 Å². The van der Waals surface area contributed by atoms with E-state index in [1.165, 1.54) is 0 Å². The molecule has 1 aliphatic rings. The van der Waals surface area contributed by atoms with Crippen molar-refractivity contribution in [3.8, 4) is 0 Å². The summed E-state index contributed by atoms with van der Waals surface area (Å²) in [6, 6.07) is 8.87. The highest BCUT2D eigenvalue weighted by atomic mass is 16.6. The number of ether oxygens (including phenoxy) is 2. The predicted octanol–water partition coefficient (Wildman–Crippen LogP) is 4.04. The molecule has 1 unspecified atom stereocenters. The first-order chi connectivity index (χ1) is 14.4. The fourth-order valence-electron chi connectivity index (χ4n) is 4.02. The largest absolute Gasteiger partial charge is 0.454 e. The minimum atomic E-state index is -0.621. The van der Waals surface area contributed by atoms with Crippen molar-refractivity contribution in [3.63, 3.8) is 0 Å². The molecule has 1 saturated heterocycles. The van der Waals surface area contributed by atoms with Crippen LogP contribution in [-0.2, 0) is 9.47 Å². The van der Waals surface area contributed by atoms with Crippen molar-refractivity contribution >= 4 is 28.5 Å². The van der Waals surface area contributed by atoms with Crippen molar-refractivity contribution in [2.24, 2.45) is 5.92 Å². The molecule has 0 radical (unpaired) electrons. The number of fused-ring (bicyclic) bond motifs is 1. The van der Waals surface area contributed by atoms with E-state index in [1.807, 2.05) is 19.9 Å². The molecule has 1 aromatic carbocycles. The first-order valence-corrected chi connectivity index (χ1v) is 9.88. The van der Waals surface area contributed by atoms with Crippen LogP contribution in [0, 0.1) is 19.4 Å². The van der Waals surface area contributed by atoms with Gasteiger partial charge in [0.1, 0.15) is 17.3 Å². The number of hydrogen-bond acceptors (Lipinski definition) is 6. The molecule has 4 atom stereocenters. The molecule has 2 aromatic heterocycles. The summed E-state index contributed by atoms with van der Waals surface area (Å²) in [6.45, 7) is 13.3. The summed E-state index contributed by atoms with van der Waals surface area (Å²) in [4.78, 5) is 25.0. The van der Waals surface area contributed by atoms with Gasteiger partial charge >= 0.3 is 5.97 Å². The molecule has 8 nitrogen and oxygen atoms in total. The summed E-state index contributed by atoms with van der Waals surface area (Å²) in [7, 11) is 0. The molecule has 0 aliphatic carbocycles. The quantitative estimate of drug-likeness (QED) is 0.520. The van der Waals surface area contributed by atoms with E-state index in [-0.39, 0.29) is 17.8 Å². The van der Waals surface area contributed by atoms with E-state index < -0.39 is 18.3 Å². The van der Waals surface area contributed by atoms with Crippen LogP contribution in [0.4, 0.5) is 11.5 Å². The Morgan fingerprint density at radius 2 is 2.07 bits per heavy atom. The number of aromatic nitrogens is 3. The second kappa shape index (κ2) is 7.76. The van der Waals surface area contributed by atoms with Gasteiger partial charge in [-0.1, -0.05) is 32.0 Å². The van der Waals surface area contributed by atoms with Gasteiger partial charge in [-0.25, -0.2) is 19.6 Å². The minimum Gasteiger partial charge on any atom is -0.454 e. The smallest absolute Gasteiger partial charge is 0.338 e. The second-order valence-corrected chi connectivity index (χ2v) is 7.46. The third-order valence-electron chi connectivity index (χ3n) is 5.54. The van der Waals surface area contributed by atoms with Gasteiger partial charge in [-0.3, -0.25) is 0 Å². The van der Waals surface area contributed by atoms with Crippen LogP contribution in [0.3, 0.4) is 0 Å². The van der Waals surface area contributed by atoms with Crippen LogP contribution in [0.5, 0.6) is 0 Å². The molecule has 0 bridgehead atoms. The summed E-state index contributed by atoms with van der Waals surface area (Å²) >= 11 is 0. The zero-order chi connectivity index (χ0) is 21.4. The van der Waals surface area contributed by atoms with Crippen LogP contribution in [0.25, 0.3) is 15.9 Å². The fraction of sp³-hybridized carbons (Fsp3) is 0.364. The number of nitrogens with two attached hydrogens (primary N) is 1. The van der Waals surface area contributed by atoms with E-state index in [4.69, 9.17) is 21.8 Å². The average Bonchev–Trinajstić information content (AvgIpc) is 3.26. The van der Waals surface area contributed by atoms with Crippen LogP contribution in [-0.4, -0.2) is 32.7 Å². The number of rotatable bonds is 4. The van der Waals surface area contributed by atoms with E-state index >= 15 is 0 Å². The predicted molar refractivity (Wildman–Crippen MR) is 112 cm³/mol. The number of aryl methyl sites for hydroxylation is 1. The molecule has 0 spiro atoms. The van der Waals surface area contributed by atoms with Gasteiger partial charge in [-0.15, -0.1) is 0 Å². The van der Waals surface area contributed by atoms with Crippen LogP contribution >= 0.6 is 0 Å². The zero-order valence-corrected chi connectivity index (χ0v) is 17.1. The van der Waals surface area contributed by atoms with Gasteiger partial charge in [0.05, 0.1) is 23.6 Å². The minimum absolute atomic E-state index is 0.0400. The van der Waals surface area contributed by atoms with Gasteiger partial charge in [0.2, 0.25) is 5.69 Å². The number of esters is 1. The SMILES string of the molecule is [C-]#[N+]c1cn(C2O[C@H](CC)[C@@H](C)[C@H]2OC(=O)c2ccccc2)c2nc(C)nc(N)c12. The van der Waals surface area contributed by atoms with Crippen LogP contribution in [0.2, 0.25) is 0 Å². The van der Waals surface area contributed by atoms with Crippen LogP contribution < -0.4 is 5.73 Å². The highest BCUT2D eigenvalue weighted by Gasteiger charge is 2.45. The van der Waals surface area contributed by atoms with E-state index in [0.717, 1.165) is 6.42 Å². The lowest BCUT2D eigenvalue weighted by Crippen LogP contribution is -2.30. The summed E-state index contributed by atoms with van der Waals surface area (Å²) < 4.78 is 14.0. The van der Waals surface area contributed by atoms with Crippen molar-refractivity contribution in [2.75, 3.05) is 5.73 Å². The topological polar surface area (TPSA) is 96.6 Å². The number of carbonyl (C=O) groups is 1. The number of carbonyl (C=O) groups excluding carboxylic acids is 1. The Morgan fingerprint density at radius 3 is 2.73 bits per heavy atom. The maximum atomic E-state index is 12.8. The van der Waals surface area contributed by atoms with Gasteiger partial charge in [0.25, 0.3) is 0 Å². The zero-order valence-electron chi connectivity index (χ0n) is 17.1. The lowest BCUT2D eigenvalue weighted by molar-refractivity contribution is -0.0466. The van der Waals surface area contributed by atoms with E-state index in [2.05, 4.69) is 14.8 Å². The van der Waals surface area contributed by atoms with Crippen LogP contribution in [0.1, 0.15) is 42.7 Å². The number of nitrogen functional groups attached to an aromatic ring is 1. The standard InChI is InChI=1S/C22H23N5O3/c1-5-16-12(2)18(30-22(28)14-9-7-6-8-10-14)21(29-16)27-11-15(24-4)17-19(23)25-13(3)26-20(17)27/h6-12,16,18,21H,5H2,1-3H3,(H2,23,25,26)/t12-,16-,18-,21?/m1/s1. The molecule has 0 amide bonds. The Labute approximate surface area is 174 Å². The van der Waals surface area contributed by atoms with E-state index in [1.54, 1.807) is 42.0 Å². The highest BCUT2D eigenvalue weighted by Crippen LogP contribution is 2.42. The van der Waals surface area contributed by atoms with Crippen molar-refractivity contribution in [1.82, 2.24) is 14.5 Å². The third-order valence-corrected chi connectivity index (χ3v) is 5.54. The van der Waals surface area contributed by atoms with Crippen molar-refractivity contribution < 1.29 is 14.3 Å². The first-order valence-electron chi connectivity index (χ1n) is 9.88.